The largest absolute Gasteiger partial charge is 0.463 e. The van der Waals surface area contributed by atoms with Crippen LogP contribution < -0.4 is 0 Å². The topological polar surface area (TPSA) is 70.0 Å². The molecule has 0 bridgehead atoms. The first-order valence-electron chi connectivity index (χ1n) is 8.18. The van der Waals surface area contributed by atoms with Gasteiger partial charge in [0, 0.05) is 17.9 Å². The van der Waals surface area contributed by atoms with Gasteiger partial charge >= 0.3 is 5.97 Å². The van der Waals surface area contributed by atoms with Gasteiger partial charge in [-0.05, 0) is 45.2 Å². The van der Waals surface area contributed by atoms with Gasteiger partial charge in [0.15, 0.2) is 6.10 Å². The zero-order valence-electron chi connectivity index (χ0n) is 13.4. The van der Waals surface area contributed by atoms with Crippen molar-refractivity contribution in [3.63, 3.8) is 0 Å². The molecule has 5 atom stereocenters. The van der Waals surface area contributed by atoms with Crippen LogP contribution in [0.5, 0.6) is 0 Å². The molecule has 21 heavy (non-hydrogen) atoms. The Morgan fingerprint density at radius 3 is 2.57 bits per heavy atom. The average Bonchev–Trinajstić information content (AvgIpc) is 2.98. The summed E-state index contributed by atoms with van der Waals surface area (Å²) in [6.45, 7) is 8.03. The van der Waals surface area contributed by atoms with Crippen LogP contribution in [0, 0.1) is 17.8 Å². The lowest BCUT2D eigenvalue weighted by Crippen LogP contribution is -2.41. The number of hydrogen-bond acceptors (Lipinski definition) is 5. The van der Waals surface area contributed by atoms with Gasteiger partial charge in [-0.25, -0.2) is 4.79 Å². The number of aliphatic hydroxyl groups excluding tert-OH is 2. The van der Waals surface area contributed by atoms with Crippen LogP contribution in [0.15, 0.2) is 0 Å². The van der Waals surface area contributed by atoms with E-state index in [1.165, 1.54) is 12.8 Å². The molecule has 2 heterocycles. The van der Waals surface area contributed by atoms with Gasteiger partial charge in [0.05, 0.1) is 12.7 Å². The normalized spacial score (nSPS) is 30.2. The van der Waals surface area contributed by atoms with E-state index in [0.717, 1.165) is 19.5 Å². The predicted molar refractivity (Wildman–Crippen MR) is 79.7 cm³/mol. The lowest BCUT2D eigenvalue weighted by Gasteiger charge is -2.28. The van der Waals surface area contributed by atoms with Gasteiger partial charge in [0.2, 0.25) is 0 Å². The van der Waals surface area contributed by atoms with Crippen molar-refractivity contribution in [1.82, 2.24) is 4.90 Å². The average molecular weight is 299 g/mol. The summed E-state index contributed by atoms with van der Waals surface area (Å²) in [7, 11) is 0. The minimum atomic E-state index is -1.24. The van der Waals surface area contributed by atoms with E-state index in [0.29, 0.717) is 18.6 Å². The highest BCUT2D eigenvalue weighted by Crippen LogP contribution is 2.33. The summed E-state index contributed by atoms with van der Waals surface area (Å²) >= 11 is 0. The van der Waals surface area contributed by atoms with E-state index in [2.05, 4.69) is 4.90 Å². The maximum absolute atomic E-state index is 12.0. The maximum Gasteiger partial charge on any atom is 0.335 e. The molecule has 2 aliphatic rings. The van der Waals surface area contributed by atoms with E-state index < -0.39 is 24.1 Å². The summed E-state index contributed by atoms with van der Waals surface area (Å²) in [6, 6.07) is 0.549. The molecule has 0 aromatic carbocycles. The van der Waals surface area contributed by atoms with Gasteiger partial charge in [0.25, 0.3) is 0 Å². The number of ether oxygens (including phenoxy) is 1. The first-order chi connectivity index (χ1) is 9.91. The summed E-state index contributed by atoms with van der Waals surface area (Å²) in [5.74, 6) is -0.660. The number of esters is 1. The molecular weight excluding hydrogens is 270 g/mol. The van der Waals surface area contributed by atoms with E-state index in [1.807, 2.05) is 13.8 Å². The van der Waals surface area contributed by atoms with E-state index >= 15 is 0 Å². The van der Waals surface area contributed by atoms with E-state index in [9.17, 15) is 15.0 Å². The minimum Gasteiger partial charge on any atom is -0.463 e. The Morgan fingerprint density at radius 2 is 1.95 bits per heavy atom. The molecule has 0 aromatic rings. The summed E-state index contributed by atoms with van der Waals surface area (Å²) in [5.41, 5.74) is 0. The Labute approximate surface area is 127 Å². The second-order valence-electron chi connectivity index (χ2n) is 6.93. The molecule has 2 aliphatic heterocycles. The Kier molecular flexibility index (Phi) is 5.63. The standard InChI is InChI=1S/C16H29NO4/c1-10(2)14(11(3)18)15(19)16(20)21-9-12-6-8-17-7-4-5-13(12)17/h10-15,18-19H,4-9H2,1-3H3. The number of carbonyl (C=O) groups is 1. The fourth-order valence-electron chi connectivity index (χ4n) is 4.00. The Hall–Kier alpha value is -0.650. The molecule has 0 saturated carbocycles. The van der Waals surface area contributed by atoms with E-state index in [1.54, 1.807) is 6.92 Å². The molecule has 2 saturated heterocycles. The van der Waals surface area contributed by atoms with Crippen molar-refractivity contribution in [1.29, 1.82) is 0 Å². The number of fused-ring (bicyclic) bond motifs is 1. The monoisotopic (exact) mass is 299 g/mol. The van der Waals surface area contributed by atoms with Crippen molar-refractivity contribution in [2.75, 3.05) is 19.7 Å². The van der Waals surface area contributed by atoms with Crippen molar-refractivity contribution < 1.29 is 19.7 Å². The summed E-state index contributed by atoms with van der Waals surface area (Å²) in [6.07, 6.45) is 1.51. The molecule has 0 aromatic heterocycles. The van der Waals surface area contributed by atoms with Crippen LogP contribution in [0.3, 0.4) is 0 Å². The molecule has 0 spiro atoms. The van der Waals surface area contributed by atoms with E-state index in [4.69, 9.17) is 4.74 Å². The van der Waals surface area contributed by atoms with Crippen molar-refractivity contribution in [3.8, 4) is 0 Å². The van der Waals surface area contributed by atoms with Crippen molar-refractivity contribution >= 4 is 5.97 Å². The highest BCUT2D eigenvalue weighted by molar-refractivity contribution is 5.74. The quantitative estimate of drug-likeness (QED) is 0.717. The second-order valence-corrected chi connectivity index (χ2v) is 6.93. The number of nitrogens with zero attached hydrogens (tertiary/aromatic N) is 1. The van der Waals surface area contributed by atoms with Gasteiger partial charge in [0.1, 0.15) is 0 Å². The molecule has 5 unspecified atom stereocenters. The summed E-state index contributed by atoms with van der Waals surface area (Å²) in [4.78, 5) is 14.5. The number of aliphatic hydroxyl groups is 2. The lowest BCUT2D eigenvalue weighted by atomic mass is 9.86. The van der Waals surface area contributed by atoms with Crippen molar-refractivity contribution in [2.24, 2.45) is 17.8 Å². The smallest absolute Gasteiger partial charge is 0.335 e. The third-order valence-electron chi connectivity index (χ3n) is 5.12. The Bertz CT molecular complexity index is 350. The minimum absolute atomic E-state index is 0.0179. The van der Waals surface area contributed by atoms with Gasteiger partial charge < -0.3 is 14.9 Å². The number of carbonyl (C=O) groups excluding carboxylic acids is 1. The molecule has 0 aliphatic carbocycles. The van der Waals surface area contributed by atoms with Gasteiger partial charge in [-0.1, -0.05) is 13.8 Å². The first kappa shape index (κ1) is 16.7. The van der Waals surface area contributed by atoms with Crippen LogP contribution in [-0.2, 0) is 9.53 Å². The van der Waals surface area contributed by atoms with Gasteiger partial charge in [-0.3, -0.25) is 4.90 Å². The number of hydrogen-bond donors (Lipinski definition) is 2. The predicted octanol–water partition coefficient (Wildman–Crippen LogP) is 1.03. The third-order valence-corrected chi connectivity index (χ3v) is 5.12. The van der Waals surface area contributed by atoms with Gasteiger partial charge in [-0.2, -0.15) is 0 Å². The Morgan fingerprint density at radius 1 is 1.24 bits per heavy atom. The Balaban J connectivity index is 1.83. The van der Waals surface area contributed by atoms with Crippen LogP contribution in [0.1, 0.15) is 40.0 Å². The van der Waals surface area contributed by atoms with E-state index in [-0.39, 0.29) is 5.92 Å². The van der Waals surface area contributed by atoms with Crippen LogP contribution in [0.25, 0.3) is 0 Å². The molecule has 122 valence electrons. The fraction of sp³-hybridized carbons (Fsp3) is 0.938. The highest BCUT2D eigenvalue weighted by Gasteiger charge is 2.39. The molecular formula is C16H29NO4. The molecule has 5 heteroatoms. The highest BCUT2D eigenvalue weighted by atomic mass is 16.5. The zero-order valence-corrected chi connectivity index (χ0v) is 13.4. The lowest BCUT2D eigenvalue weighted by molar-refractivity contribution is -0.162. The molecule has 0 radical (unpaired) electrons. The molecule has 2 N–H and O–H groups in total. The first-order valence-corrected chi connectivity index (χ1v) is 8.18. The van der Waals surface area contributed by atoms with Gasteiger partial charge in [-0.15, -0.1) is 0 Å². The van der Waals surface area contributed by atoms with Crippen LogP contribution >= 0.6 is 0 Å². The third kappa shape index (κ3) is 3.76. The molecule has 0 amide bonds. The second kappa shape index (κ2) is 7.07. The van der Waals surface area contributed by atoms with Crippen LogP contribution in [0.4, 0.5) is 0 Å². The van der Waals surface area contributed by atoms with Crippen LogP contribution in [0.2, 0.25) is 0 Å². The van der Waals surface area contributed by atoms with Crippen LogP contribution in [-0.4, -0.2) is 59.0 Å². The molecule has 2 fully saturated rings. The SMILES string of the molecule is CC(C)C(C(C)O)C(O)C(=O)OCC1CCN2CCCC12. The zero-order chi connectivity index (χ0) is 15.6. The van der Waals surface area contributed by atoms with Crippen molar-refractivity contribution in [3.05, 3.63) is 0 Å². The molecule has 2 rings (SSSR count). The number of rotatable bonds is 6. The summed E-state index contributed by atoms with van der Waals surface area (Å²) in [5, 5.41) is 19.9. The summed E-state index contributed by atoms with van der Waals surface area (Å²) < 4.78 is 5.35. The maximum atomic E-state index is 12.0. The fourth-order valence-corrected chi connectivity index (χ4v) is 4.00. The van der Waals surface area contributed by atoms with Crippen molar-refractivity contribution in [2.45, 2.75) is 58.3 Å². The molecule has 5 nitrogen and oxygen atoms in total.